The summed E-state index contributed by atoms with van der Waals surface area (Å²) in [6, 6.07) is 1.30. The van der Waals surface area contributed by atoms with Crippen molar-refractivity contribution in [3.05, 3.63) is 75.5 Å². The molecule has 1 aromatic carbocycles. The van der Waals surface area contributed by atoms with Gasteiger partial charge in [-0.1, -0.05) is 58.9 Å². The first-order chi connectivity index (χ1) is 20.9. The van der Waals surface area contributed by atoms with Gasteiger partial charge in [0.05, 0.1) is 35.7 Å². The van der Waals surface area contributed by atoms with Gasteiger partial charge in [0.15, 0.2) is 11.6 Å². The summed E-state index contributed by atoms with van der Waals surface area (Å²) in [5, 5.41) is 57.6. The van der Waals surface area contributed by atoms with Crippen LogP contribution < -0.4 is 5.32 Å². The lowest BCUT2D eigenvalue weighted by Crippen LogP contribution is -2.45. The molecule has 45 heavy (non-hydrogen) atoms. The zero-order valence-electron chi connectivity index (χ0n) is 27.0. The first-order valence-electron chi connectivity index (χ1n) is 15.2. The minimum absolute atomic E-state index is 0.0835. The molecule has 10 heteroatoms. The minimum atomic E-state index is -1.18. The van der Waals surface area contributed by atoms with E-state index in [1.807, 2.05) is 0 Å². The molecule has 6 N–H and O–H groups in total. The van der Waals surface area contributed by atoms with E-state index in [-0.39, 0.29) is 39.1 Å². The number of benzene rings is 1. The molecule has 1 aliphatic carbocycles. The highest BCUT2D eigenvalue weighted by Gasteiger charge is 2.38. The van der Waals surface area contributed by atoms with E-state index in [0.29, 0.717) is 0 Å². The molecule has 4 bridgehead atoms. The summed E-state index contributed by atoms with van der Waals surface area (Å²) in [7, 11) is 0. The molecule has 2 heterocycles. The summed E-state index contributed by atoms with van der Waals surface area (Å²) in [6.07, 6.45) is 2.61. The summed E-state index contributed by atoms with van der Waals surface area (Å²) >= 11 is 0. The Kier molecular flexibility index (Phi) is 11.3. The second-order valence-electron chi connectivity index (χ2n) is 12.7. The highest BCUT2D eigenvalue weighted by atomic mass is 16.3. The van der Waals surface area contributed by atoms with E-state index in [9.17, 15) is 44.7 Å². The van der Waals surface area contributed by atoms with Gasteiger partial charge in [0.1, 0.15) is 5.75 Å². The number of rotatable bonds is 0. The number of phenols is 1. The maximum Gasteiger partial charge on any atom is 0.251 e. The van der Waals surface area contributed by atoms with Crippen LogP contribution in [-0.2, 0) is 4.79 Å². The Morgan fingerprint density at radius 3 is 1.80 bits per heavy atom. The van der Waals surface area contributed by atoms with E-state index in [2.05, 4.69) is 5.32 Å². The number of hydrogen-bond acceptors (Lipinski definition) is 9. The molecular weight excluding hydrogens is 578 g/mol. The van der Waals surface area contributed by atoms with E-state index in [4.69, 9.17) is 0 Å². The van der Waals surface area contributed by atoms with Crippen LogP contribution in [0, 0.1) is 36.5 Å². The largest absolute Gasteiger partial charge is 0.507 e. The van der Waals surface area contributed by atoms with Gasteiger partial charge in [0.2, 0.25) is 5.78 Å². The molecule has 0 unspecified atom stereocenters. The summed E-state index contributed by atoms with van der Waals surface area (Å²) in [6.45, 7) is 12.7. The summed E-state index contributed by atoms with van der Waals surface area (Å²) < 4.78 is 0. The van der Waals surface area contributed by atoms with Crippen molar-refractivity contribution in [1.29, 1.82) is 0 Å². The Labute approximate surface area is 263 Å². The first-order valence-corrected chi connectivity index (χ1v) is 15.2. The summed E-state index contributed by atoms with van der Waals surface area (Å²) in [5.41, 5.74) is -0.607. The fraction of sp³-hybridized carbons (Fsp3) is 0.486. The molecule has 10 nitrogen and oxygen atoms in total. The molecule has 0 aromatic heterocycles. The van der Waals surface area contributed by atoms with E-state index >= 15 is 0 Å². The van der Waals surface area contributed by atoms with Gasteiger partial charge in [-0.2, -0.15) is 0 Å². The number of ketones is 3. The Bertz CT molecular complexity index is 1500. The fourth-order valence-corrected chi connectivity index (χ4v) is 6.04. The SMILES string of the molecule is C/C1=C/C=C\[C@H](C)[C@H](O)[C@@H](C)[C@@H](O)[C@@H](C)[C@H](O)[C@H](C)[C@@H](O)[C@@H](C)/C=C(/C)C(=O)c2c(O)c(C)cc3c2C(=O)C=C(NC1=O)C3=O. The third-order valence-corrected chi connectivity index (χ3v) is 9.28. The molecule has 4 rings (SSSR count). The molecule has 2 aliphatic heterocycles. The zero-order chi connectivity index (χ0) is 34.1. The standard InChI is InChI=1S/C35H45NO9/c1-15-10-9-11-16(2)35(45)36-24-14-25(37)26-23(34(24)44)13-19(5)31(41)27(26)30(40)18(4)12-17(3)29(39)21(7)33(43)22(8)32(42)20(6)28(15)38/h9-15,17,20-22,28-29,32-33,38-39,41-43H,1-8H3,(H,36,45)/b10-9-,16-11-,18-12-/t15-,17-,20+,21+,22+,28-,29-,32+,33+/m0/s1. The third kappa shape index (κ3) is 7.25. The number of aliphatic hydroxyl groups excluding tert-OH is 4. The molecule has 0 saturated carbocycles. The van der Waals surface area contributed by atoms with Crippen molar-refractivity contribution in [2.45, 2.75) is 79.8 Å². The predicted octanol–water partition coefficient (Wildman–Crippen LogP) is 3.35. The molecule has 244 valence electrons. The second kappa shape index (κ2) is 14.2. The van der Waals surface area contributed by atoms with E-state index in [0.717, 1.165) is 6.08 Å². The van der Waals surface area contributed by atoms with Crippen LogP contribution in [0.5, 0.6) is 5.75 Å². The summed E-state index contributed by atoms with van der Waals surface area (Å²) in [4.78, 5) is 53.4. The topological polar surface area (TPSA) is 181 Å². The van der Waals surface area contributed by atoms with E-state index < -0.39 is 83.0 Å². The van der Waals surface area contributed by atoms with Crippen LogP contribution in [0.2, 0.25) is 0 Å². The number of phenolic OH excluding ortho intramolecular Hbond substituents is 1. The van der Waals surface area contributed by atoms with Gasteiger partial charge in [-0.15, -0.1) is 0 Å². The predicted molar refractivity (Wildman–Crippen MR) is 169 cm³/mol. The molecule has 3 aliphatic rings. The average Bonchev–Trinajstić information content (AvgIpc) is 3.00. The Hall–Kier alpha value is -3.70. The minimum Gasteiger partial charge on any atom is -0.507 e. The maximum atomic E-state index is 13.7. The van der Waals surface area contributed by atoms with Crippen LogP contribution in [0.3, 0.4) is 0 Å². The molecule has 0 fully saturated rings. The van der Waals surface area contributed by atoms with Crippen LogP contribution in [0.15, 0.2) is 53.3 Å². The van der Waals surface area contributed by atoms with Crippen LogP contribution in [0.25, 0.3) is 0 Å². The number of amides is 1. The molecule has 1 aromatic rings. The van der Waals surface area contributed by atoms with Crippen molar-refractivity contribution >= 4 is 23.3 Å². The highest BCUT2D eigenvalue weighted by Crippen LogP contribution is 2.35. The molecule has 0 spiro atoms. The lowest BCUT2D eigenvalue weighted by Gasteiger charge is -2.36. The van der Waals surface area contributed by atoms with Crippen molar-refractivity contribution < 1.29 is 44.7 Å². The maximum absolute atomic E-state index is 13.7. The van der Waals surface area contributed by atoms with Gasteiger partial charge in [-0.25, -0.2) is 0 Å². The molecular formula is C35H45NO9. The van der Waals surface area contributed by atoms with Crippen molar-refractivity contribution in [3.63, 3.8) is 0 Å². The smallest absolute Gasteiger partial charge is 0.251 e. The van der Waals surface area contributed by atoms with Gasteiger partial charge >= 0.3 is 0 Å². The number of nitrogens with one attached hydrogen (secondary N) is 1. The van der Waals surface area contributed by atoms with Crippen molar-refractivity contribution in [3.8, 4) is 5.75 Å². The van der Waals surface area contributed by atoms with E-state index in [1.165, 1.54) is 39.0 Å². The van der Waals surface area contributed by atoms with Gasteiger partial charge in [-0.3, -0.25) is 19.2 Å². The molecule has 0 saturated heterocycles. The van der Waals surface area contributed by atoms with Crippen molar-refractivity contribution in [1.82, 2.24) is 5.32 Å². The van der Waals surface area contributed by atoms with Gasteiger partial charge in [0.25, 0.3) is 5.91 Å². The van der Waals surface area contributed by atoms with Crippen LogP contribution in [-0.4, -0.2) is 73.2 Å². The number of carbonyl (C=O) groups excluding carboxylic acids is 4. The number of aryl methyl sites for hydroxylation is 1. The average molecular weight is 624 g/mol. The number of hydrogen-bond donors (Lipinski definition) is 6. The third-order valence-electron chi connectivity index (χ3n) is 9.28. The summed E-state index contributed by atoms with van der Waals surface area (Å²) in [5.74, 6) is -6.59. The van der Waals surface area contributed by atoms with Crippen LogP contribution >= 0.6 is 0 Å². The zero-order valence-corrected chi connectivity index (χ0v) is 27.0. The first kappa shape index (κ1) is 35.8. The quantitative estimate of drug-likeness (QED) is 0.253. The monoisotopic (exact) mass is 623 g/mol. The van der Waals surface area contributed by atoms with Gasteiger partial charge < -0.3 is 30.8 Å². The second-order valence-corrected chi connectivity index (χ2v) is 12.7. The van der Waals surface area contributed by atoms with E-state index in [1.54, 1.807) is 46.8 Å². The van der Waals surface area contributed by atoms with Gasteiger partial charge in [0, 0.05) is 52.4 Å². The fourth-order valence-electron chi connectivity index (χ4n) is 6.04. The number of fused-ring (bicyclic) bond motifs is 15. The molecule has 1 amide bonds. The lowest BCUT2D eigenvalue weighted by molar-refractivity contribution is -0.116. The van der Waals surface area contributed by atoms with Crippen molar-refractivity contribution in [2.24, 2.45) is 29.6 Å². The Morgan fingerprint density at radius 2 is 1.22 bits per heavy atom. The number of Topliss-reactive ketones (excluding diaryl/α,β-unsaturated/α-hetero) is 2. The van der Waals surface area contributed by atoms with Crippen LogP contribution in [0.1, 0.15) is 85.1 Å². The highest BCUT2D eigenvalue weighted by molar-refractivity contribution is 6.30. The number of aliphatic hydroxyl groups is 4. The normalized spacial score (nSPS) is 35.6. The van der Waals surface area contributed by atoms with Crippen molar-refractivity contribution in [2.75, 3.05) is 0 Å². The van der Waals surface area contributed by atoms with Gasteiger partial charge in [-0.05, 0) is 38.0 Å². The Morgan fingerprint density at radius 1 is 0.689 bits per heavy atom. The molecule has 9 atom stereocenters. The molecule has 0 radical (unpaired) electrons. The number of aromatic hydroxyl groups is 1. The number of carbonyl (C=O) groups is 4. The lowest BCUT2D eigenvalue weighted by atomic mass is 9.77. The number of allylic oxidation sites excluding steroid dienone is 5. The van der Waals surface area contributed by atoms with Crippen LogP contribution in [0.4, 0.5) is 0 Å². The Balaban J connectivity index is 2.16.